The smallest absolute Gasteiger partial charge is 0.0347 e. The van der Waals surface area contributed by atoms with Crippen LogP contribution in [0.4, 0.5) is 0 Å². The van der Waals surface area contributed by atoms with Crippen LogP contribution in [0.1, 0.15) is 57.8 Å². The molecule has 3 atom stereocenters. The SMILES string of the molecule is CN1CCCC(CN)(N2CCCC3CCCCC32)CC1. The molecule has 3 unspecified atom stereocenters. The maximum absolute atomic E-state index is 6.35. The quantitative estimate of drug-likeness (QED) is 0.843. The second kappa shape index (κ2) is 6.33. The second-order valence-electron chi connectivity index (χ2n) is 7.53. The summed E-state index contributed by atoms with van der Waals surface area (Å²) in [4.78, 5) is 5.40. The van der Waals surface area contributed by atoms with Gasteiger partial charge >= 0.3 is 0 Å². The second-order valence-corrected chi connectivity index (χ2v) is 7.53. The Bertz CT molecular complexity index is 317. The van der Waals surface area contributed by atoms with E-state index < -0.39 is 0 Å². The van der Waals surface area contributed by atoms with Gasteiger partial charge < -0.3 is 10.6 Å². The van der Waals surface area contributed by atoms with Crippen molar-refractivity contribution in [2.24, 2.45) is 11.7 Å². The van der Waals surface area contributed by atoms with Crippen molar-refractivity contribution in [3.05, 3.63) is 0 Å². The van der Waals surface area contributed by atoms with Gasteiger partial charge in [0.05, 0.1) is 0 Å². The van der Waals surface area contributed by atoms with Gasteiger partial charge in [0.1, 0.15) is 0 Å². The normalized spacial score (nSPS) is 41.1. The molecule has 2 heterocycles. The molecule has 116 valence electrons. The van der Waals surface area contributed by atoms with E-state index in [2.05, 4.69) is 16.8 Å². The molecule has 0 spiro atoms. The summed E-state index contributed by atoms with van der Waals surface area (Å²) in [7, 11) is 2.27. The fraction of sp³-hybridized carbons (Fsp3) is 1.00. The Labute approximate surface area is 124 Å². The zero-order chi connectivity index (χ0) is 14.0. The van der Waals surface area contributed by atoms with Crippen LogP contribution in [0.3, 0.4) is 0 Å². The molecule has 3 rings (SSSR count). The van der Waals surface area contributed by atoms with Gasteiger partial charge in [-0.2, -0.15) is 0 Å². The van der Waals surface area contributed by atoms with Crippen molar-refractivity contribution in [1.29, 1.82) is 0 Å². The van der Waals surface area contributed by atoms with E-state index in [1.807, 2.05) is 0 Å². The maximum atomic E-state index is 6.35. The minimum absolute atomic E-state index is 0.311. The van der Waals surface area contributed by atoms with Crippen molar-refractivity contribution in [2.75, 3.05) is 33.2 Å². The monoisotopic (exact) mass is 279 g/mol. The summed E-state index contributed by atoms with van der Waals surface area (Å²) in [6, 6.07) is 0.851. The molecule has 3 heteroatoms. The molecule has 2 saturated heterocycles. The molecule has 20 heavy (non-hydrogen) atoms. The van der Waals surface area contributed by atoms with Gasteiger partial charge in [-0.25, -0.2) is 0 Å². The van der Waals surface area contributed by atoms with E-state index in [-0.39, 0.29) is 0 Å². The van der Waals surface area contributed by atoms with Crippen LogP contribution in [-0.4, -0.2) is 54.6 Å². The van der Waals surface area contributed by atoms with Crippen molar-refractivity contribution >= 4 is 0 Å². The van der Waals surface area contributed by atoms with Gasteiger partial charge in [0, 0.05) is 18.1 Å². The standard InChI is InChI=1S/C17H33N3/c1-19-11-5-9-17(14-18,10-13-19)20-12-4-7-15-6-2-3-8-16(15)20/h15-16H,2-14,18H2,1H3. The van der Waals surface area contributed by atoms with Gasteiger partial charge in [0.15, 0.2) is 0 Å². The lowest BCUT2D eigenvalue weighted by atomic mass is 9.74. The fourth-order valence-corrected chi connectivity index (χ4v) is 5.14. The summed E-state index contributed by atoms with van der Waals surface area (Å²) in [5.41, 5.74) is 6.66. The highest BCUT2D eigenvalue weighted by atomic mass is 15.3. The molecule has 1 aliphatic carbocycles. The Morgan fingerprint density at radius 3 is 2.60 bits per heavy atom. The Morgan fingerprint density at radius 2 is 1.75 bits per heavy atom. The number of hydrogen-bond donors (Lipinski definition) is 1. The molecule has 3 aliphatic rings. The predicted molar refractivity (Wildman–Crippen MR) is 84.8 cm³/mol. The number of piperidine rings is 1. The highest BCUT2D eigenvalue weighted by Crippen LogP contribution is 2.41. The van der Waals surface area contributed by atoms with Crippen LogP contribution in [0.2, 0.25) is 0 Å². The van der Waals surface area contributed by atoms with Crippen molar-refractivity contribution in [2.45, 2.75) is 69.4 Å². The number of rotatable bonds is 2. The third-order valence-corrected chi connectivity index (χ3v) is 6.37. The first-order valence-corrected chi connectivity index (χ1v) is 8.90. The van der Waals surface area contributed by atoms with Crippen molar-refractivity contribution in [1.82, 2.24) is 9.80 Å². The average Bonchev–Trinajstić information content (AvgIpc) is 2.69. The van der Waals surface area contributed by atoms with Crippen LogP contribution in [0, 0.1) is 5.92 Å². The van der Waals surface area contributed by atoms with Crippen molar-refractivity contribution < 1.29 is 0 Å². The summed E-state index contributed by atoms with van der Waals surface area (Å²) < 4.78 is 0. The van der Waals surface area contributed by atoms with Crippen LogP contribution in [0.15, 0.2) is 0 Å². The number of hydrogen-bond acceptors (Lipinski definition) is 3. The number of nitrogens with two attached hydrogens (primary N) is 1. The minimum atomic E-state index is 0.311. The Hall–Kier alpha value is -0.120. The molecule has 0 aromatic carbocycles. The first kappa shape index (κ1) is 14.8. The van der Waals surface area contributed by atoms with Gasteiger partial charge in [-0.15, -0.1) is 0 Å². The number of fused-ring (bicyclic) bond motifs is 1. The molecular weight excluding hydrogens is 246 g/mol. The van der Waals surface area contributed by atoms with Crippen LogP contribution in [0.5, 0.6) is 0 Å². The molecule has 3 fully saturated rings. The molecule has 1 saturated carbocycles. The molecular formula is C17H33N3. The molecule has 2 N–H and O–H groups in total. The van der Waals surface area contributed by atoms with E-state index in [0.717, 1.165) is 18.5 Å². The predicted octanol–water partition coefficient (Wildman–Crippen LogP) is 2.45. The zero-order valence-electron chi connectivity index (χ0n) is 13.3. The van der Waals surface area contributed by atoms with Crippen molar-refractivity contribution in [3.8, 4) is 0 Å². The lowest BCUT2D eigenvalue weighted by Crippen LogP contribution is -2.62. The van der Waals surface area contributed by atoms with Crippen molar-refractivity contribution in [3.63, 3.8) is 0 Å². The average molecular weight is 279 g/mol. The Morgan fingerprint density at radius 1 is 0.950 bits per heavy atom. The van der Waals surface area contributed by atoms with Gasteiger partial charge in [-0.3, -0.25) is 4.90 Å². The third kappa shape index (κ3) is 2.77. The summed E-state index contributed by atoms with van der Waals surface area (Å²) >= 11 is 0. The van der Waals surface area contributed by atoms with E-state index in [0.29, 0.717) is 5.54 Å². The van der Waals surface area contributed by atoms with Crippen LogP contribution in [-0.2, 0) is 0 Å². The molecule has 2 aliphatic heterocycles. The van der Waals surface area contributed by atoms with E-state index in [4.69, 9.17) is 5.73 Å². The lowest BCUT2D eigenvalue weighted by Gasteiger charge is -2.53. The molecule has 3 nitrogen and oxygen atoms in total. The summed E-state index contributed by atoms with van der Waals surface area (Å²) in [5, 5.41) is 0. The summed E-state index contributed by atoms with van der Waals surface area (Å²) in [5.74, 6) is 0.974. The van der Waals surface area contributed by atoms with E-state index in [9.17, 15) is 0 Å². The van der Waals surface area contributed by atoms with E-state index in [1.54, 1.807) is 0 Å². The lowest BCUT2D eigenvalue weighted by molar-refractivity contribution is -0.0325. The highest BCUT2D eigenvalue weighted by molar-refractivity contribution is 5.01. The van der Waals surface area contributed by atoms with Gasteiger partial charge in [-0.05, 0) is 77.5 Å². The number of likely N-dealkylation sites (tertiary alicyclic amines) is 2. The highest BCUT2D eigenvalue weighted by Gasteiger charge is 2.44. The number of nitrogens with zero attached hydrogens (tertiary/aromatic N) is 2. The third-order valence-electron chi connectivity index (χ3n) is 6.37. The summed E-state index contributed by atoms with van der Waals surface area (Å²) in [6.45, 7) is 4.65. The van der Waals surface area contributed by atoms with Gasteiger partial charge in [0.2, 0.25) is 0 Å². The minimum Gasteiger partial charge on any atom is -0.329 e. The zero-order valence-corrected chi connectivity index (χ0v) is 13.3. The molecule has 0 amide bonds. The molecule has 0 aromatic rings. The Balaban J connectivity index is 1.79. The van der Waals surface area contributed by atoms with Crippen LogP contribution < -0.4 is 5.73 Å². The topological polar surface area (TPSA) is 32.5 Å². The van der Waals surface area contributed by atoms with E-state index in [1.165, 1.54) is 77.4 Å². The molecule has 0 bridgehead atoms. The maximum Gasteiger partial charge on any atom is 0.0347 e. The first-order valence-electron chi connectivity index (χ1n) is 8.90. The summed E-state index contributed by atoms with van der Waals surface area (Å²) in [6.07, 6.45) is 12.6. The van der Waals surface area contributed by atoms with Gasteiger partial charge in [-0.1, -0.05) is 12.8 Å². The Kier molecular flexibility index (Phi) is 4.68. The van der Waals surface area contributed by atoms with Crippen LogP contribution >= 0.6 is 0 Å². The molecule has 0 aromatic heterocycles. The van der Waals surface area contributed by atoms with E-state index >= 15 is 0 Å². The first-order chi connectivity index (χ1) is 9.75. The largest absolute Gasteiger partial charge is 0.329 e. The van der Waals surface area contributed by atoms with Crippen LogP contribution in [0.25, 0.3) is 0 Å². The fourth-order valence-electron chi connectivity index (χ4n) is 5.14. The van der Waals surface area contributed by atoms with Gasteiger partial charge in [0.25, 0.3) is 0 Å². The molecule has 0 radical (unpaired) electrons.